The molecule has 4 heteroatoms. The maximum Gasteiger partial charge on any atom is 0.212 e. The van der Waals surface area contributed by atoms with E-state index in [1.54, 1.807) is 0 Å². The summed E-state index contributed by atoms with van der Waals surface area (Å²) in [7, 11) is 1.99. The Morgan fingerprint density at radius 1 is 1.12 bits per heavy atom. The summed E-state index contributed by atoms with van der Waals surface area (Å²) in [5.74, 6) is -0.468. The first-order valence-corrected chi connectivity index (χ1v) is 7.60. The van der Waals surface area contributed by atoms with Crippen LogP contribution in [0, 0.1) is 24.1 Å². The molecule has 2 heterocycles. The van der Waals surface area contributed by atoms with E-state index < -0.39 is 5.82 Å². The van der Waals surface area contributed by atoms with E-state index in [0.717, 1.165) is 22.2 Å². The molecule has 0 fully saturated rings. The molecule has 0 unspecified atom stereocenters. The summed E-state index contributed by atoms with van der Waals surface area (Å²) in [6.45, 7) is 2.02. The molecule has 0 bridgehead atoms. The van der Waals surface area contributed by atoms with E-state index in [1.165, 1.54) is 12.1 Å². The Kier molecular flexibility index (Phi) is 3.10. The van der Waals surface area contributed by atoms with Crippen LogP contribution in [0.5, 0.6) is 0 Å². The van der Waals surface area contributed by atoms with Gasteiger partial charge in [0.25, 0.3) is 0 Å². The van der Waals surface area contributed by atoms with Gasteiger partial charge in [-0.1, -0.05) is 0 Å². The zero-order valence-electron chi connectivity index (χ0n) is 13.3. The number of furan rings is 1. The topological polar surface area (TPSA) is 40.8 Å². The molecule has 0 spiro atoms. The molecule has 2 aromatic heterocycles. The maximum absolute atomic E-state index is 13.7. The van der Waals surface area contributed by atoms with E-state index in [4.69, 9.17) is 4.42 Å². The van der Waals surface area contributed by atoms with Crippen molar-refractivity contribution in [1.82, 2.24) is 0 Å². The first-order valence-electron chi connectivity index (χ1n) is 7.60. The minimum absolute atomic E-state index is 0.293. The van der Waals surface area contributed by atoms with E-state index in [0.29, 0.717) is 22.1 Å². The number of hydrogen-bond donors (Lipinski definition) is 0. The summed E-state index contributed by atoms with van der Waals surface area (Å²) in [5, 5.41) is 10.8. The third-order valence-electron chi connectivity index (χ3n) is 4.33. The number of benzene rings is 2. The number of pyridine rings is 1. The van der Waals surface area contributed by atoms with Crippen molar-refractivity contribution in [2.45, 2.75) is 6.92 Å². The smallest absolute Gasteiger partial charge is 0.212 e. The number of nitriles is 1. The molecular weight excluding hydrogens is 303 g/mol. The predicted octanol–water partition coefficient (Wildman–Crippen LogP) is 4.40. The zero-order chi connectivity index (χ0) is 16.8. The molecule has 0 saturated carbocycles. The van der Waals surface area contributed by atoms with Crippen LogP contribution in [-0.4, -0.2) is 0 Å². The van der Waals surface area contributed by atoms with Gasteiger partial charge in [0.1, 0.15) is 30.1 Å². The first-order chi connectivity index (χ1) is 11.6. The molecule has 2 aromatic carbocycles. The lowest BCUT2D eigenvalue weighted by Crippen LogP contribution is -2.30. The monoisotopic (exact) mass is 317 g/mol. The summed E-state index contributed by atoms with van der Waals surface area (Å²) < 4.78 is 21.5. The van der Waals surface area contributed by atoms with Crippen molar-refractivity contribution in [2.75, 3.05) is 0 Å². The van der Waals surface area contributed by atoms with Crippen molar-refractivity contribution in [2.24, 2.45) is 7.05 Å². The molecule has 0 aliphatic heterocycles. The van der Waals surface area contributed by atoms with Gasteiger partial charge >= 0.3 is 0 Å². The van der Waals surface area contributed by atoms with Gasteiger partial charge in [0.05, 0.1) is 11.1 Å². The van der Waals surface area contributed by atoms with E-state index >= 15 is 0 Å². The fraction of sp³-hybridized carbons (Fsp3) is 0.100. The van der Waals surface area contributed by atoms with Crippen LogP contribution in [0.2, 0.25) is 0 Å². The first kappa shape index (κ1) is 14.4. The fourth-order valence-corrected chi connectivity index (χ4v) is 3.19. The minimum atomic E-state index is -0.468. The normalized spacial score (nSPS) is 11.1. The highest BCUT2D eigenvalue weighted by Gasteiger charge is 2.18. The van der Waals surface area contributed by atoms with Gasteiger partial charge < -0.3 is 4.42 Å². The van der Waals surface area contributed by atoms with Crippen molar-refractivity contribution < 1.29 is 13.4 Å². The molecule has 0 aliphatic carbocycles. The molecule has 0 saturated heterocycles. The average Bonchev–Trinajstić information content (AvgIpc) is 2.91. The molecule has 4 rings (SSSR count). The van der Waals surface area contributed by atoms with Crippen LogP contribution in [0.3, 0.4) is 0 Å². The Bertz CT molecular complexity index is 1150. The predicted molar refractivity (Wildman–Crippen MR) is 89.7 cm³/mol. The molecule has 0 aliphatic rings. The quantitative estimate of drug-likeness (QED) is 0.488. The van der Waals surface area contributed by atoms with Crippen LogP contribution in [0.1, 0.15) is 11.1 Å². The Morgan fingerprint density at radius 2 is 1.96 bits per heavy atom. The number of rotatable bonds is 1. The number of hydrogen-bond acceptors (Lipinski definition) is 2. The lowest BCUT2D eigenvalue weighted by atomic mass is 10.00. The van der Waals surface area contributed by atoms with Crippen LogP contribution >= 0.6 is 0 Å². The highest BCUT2D eigenvalue weighted by Crippen LogP contribution is 2.35. The van der Waals surface area contributed by atoms with Gasteiger partial charge in [0.2, 0.25) is 5.69 Å². The van der Waals surface area contributed by atoms with Gasteiger partial charge in [-0.25, -0.2) is 8.96 Å². The van der Waals surface area contributed by atoms with Crippen LogP contribution in [-0.2, 0) is 7.05 Å². The molecule has 116 valence electrons. The number of nitrogens with zero attached hydrogens (tertiary/aromatic N) is 2. The SMILES string of the molecule is Cc1cc2c(cc1-c1cccc[n+]1C)oc1cc(F)cc(C#N)c12. The van der Waals surface area contributed by atoms with Crippen LogP contribution in [0.15, 0.2) is 53.1 Å². The van der Waals surface area contributed by atoms with Gasteiger partial charge in [-0.2, -0.15) is 5.26 Å². The zero-order valence-corrected chi connectivity index (χ0v) is 13.3. The van der Waals surface area contributed by atoms with Crippen molar-refractivity contribution in [3.63, 3.8) is 0 Å². The average molecular weight is 317 g/mol. The highest BCUT2D eigenvalue weighted by molar-refractivity contribution is 6.09. The van der Waals surface area contributed by atoms with Gasteiger partial charge in [-0.15, -0.1) is 0 Å². The second kappa shape index (κ2) is 5.17. The van der Waals surface area contributed by atoms with E-state index in [1.807, 2.05) is 55.1 Å². The molecule has 3 nitrogen and oxygen atoms in total. The Hall–Kier alpha value is -3.19. The molecular formula is C20H14FN2O+. The number of aromatic nitrogens is 1. The minimum Gasteiger partial charge on any atom is -0.456 e. The highest BCUT2D eigenvalue weighted by atomic mass is 19.1. The van der Waals surface area contributed by atoms with Gasteiger partial charge in [0.15, 0.2) is 6.20 Å². The summed E-state index contributed by atoms with van der Waals surface area (Å²) in [6, 6.07) is 14.6. The van der Waals surface area contributed by atoms with Crippen LogP contribution < -0.4 is 4.57 Å². The second-order valence-corrected chi connectivity index (χ2v) is 5.90. The van der Waals surface area contributed by atoms with E-state index in [9.17, 15) is 9.65 Å². The lowest BCUT2D eigenvalue weighted by Gasteiger charge is -2.04. The molecule has 24 heavy (non-hydrogen) atoms. The van der Waals surface area contributed by atoms with Crippen LogP contribution in [0.4, 0.5) is 4.39 Å². The Labute approximate surface area is 138 Å². The summed E-state index contributed by atoms with van der Waals surface area (Å²) in [4.78, 5) is 0. The lowest BCUT2D eigenvalue weighted by molar-refractivity contribution is -0.660. The molecule has 0 N–H and O–H groups in total. The molecule has 0 atom stereocenters. The standard InChI is InChI=1S/C20H14FN2O/c1-12-7-16-18(10-15(12)17-5-3-4-6-23(17)2)24-19-9-14(21)8-13(11-22)20(16)19/h3-10H,1-2H3/q+1. The largest absolute Gasteiger partial charge is 0.456 e. The van der Waals surface area contributed by atoms with Crippen molar-refractivity contribution in [1.29, 1.82) is 5.26 Å². The van der Waals surface area contributed by atoms with Crippen molar-refractivity contribution in [3.8, 4) is 17.3 Å². The van der Waals surface area contributed by atoms with Gasteiger partial charge in [0, 0.05) is 29.0 Å². The van der Waals surface area contributed by atoms with E-state index in [-0.39, 0.29) is 0 Å². The summed E-state index contributed by atoms with van der Waals surface area (Å²) in [5.41, 5.74) is 4.51. The van der Waals surface area contributed by atoms with E-state index in [2.05, 4.69) is 6.07 Å². The maximum atomic E-state index is 13.7. The third kappa shape index (κ3) is 2.06. The fourth-order valence-electron chi connectivity index (χ4n) is 3.19. The Balaban J connectivity index is 2.09. The van der Waals surface area contributed by atoms with Crippen LogP contribution in [0.25, 0.3) is 33.2 Å². The molecule has 0 radical (unpaired) electrons. The number of aryl methyl sites for hydroxylation is 2. The van der Waals surface area contributed by atoms with Crippen molar-refractivity contribution >= 4 is 21.9 Å². The van der Waals surface area contributed by atoms with Gasteiger partial charge in [-0.05, 0) is 36.8 Å². The number of halogens is 1. The Morgan fingerprint density at radius 3 is 2.71 bits per heavy atom. The second-order valence-electron chi connectivity index (χ2n) is 5.90. The summed E-state index contributed by atoms with van der Waals surface area (Å²) >= 11 is 0. The molecule has 4 aromatic rings. The molecule has 0 amide bonds. The number of fused-ring (bicyclic) bond motifs is 3. The van der Waals surface area contributed by atoms with Crippen molar-refractivity contribution in [3.05, 3.63) is 65.6 Å². The van der Waals surface area contributed by atoms with Gasteiger partial charge in [-0.3, -0.25) is 0 Å². The summed E-state index contributed by atoms with van der Waals surface area (Å²) in [6.07, 6.45) is 1.99. The third-order valence-corrected chi connectivity index (χ3v) is 4.33.